The largest absolute Gasteiger partial charge is 0.478 e. The zero-order valence-electron chi connectivity index (χ0n) is 15.3. The average molecular weight is 388 g/mol. The van der Waals surface area contributed by atoms with Crippen molar-refractivity contribution in [3.05, 3.63) is 70.8 Å². The maximum atomic E-state index is 13.6. The SMILES string of the molecule is O=C(O)c1cccc(C2CCCN(C(=O)CNCc3ccc(F)cc3F)C2)c1. The van der Waals surface area contributed by atoms with E-state index in [2.05, 4.69) is 5.32 Å². The smallest absolute Gasteiger partial charge is 0.335 e. The van der Waals surface area contributed by atoms with Crippen LogP contribution in [0.15, 0.2) is 42.5 Å². The number of benzene rings is 2. The third-order valence-electron chi connectivity index (χ3n) is 4.99. The number of carbonyl (C=O) groups excluding carboxylic acids is 1. The Labute approximate surface area is 162 Å². The molecule has 1 aliphatic heterocycles. The van der Waals surface area contributed by atoms with Crippen molar-refractivity contribution in [3.63, 3.8) is 0 Å². The fourth-order valence-electron chi connectivity index (χ4n) is 3.48. The normalized spacial score (nSPS) is 16.8. The van der Waals surface area contributed by atoms with E-state index in [1.165, 1.54) is 12.1 Å². The first kappa shape index (κ1) is 19.9. The summed E-state index contributed by atoms with van der Waals surface area (Å²) < 4.78 is 26.6. The third-order valence-corrected chi connectivity index (χ3v) is 4.99. The minimum absolute atomic E-state index is 0.0543. The van der Waals surface area contributed by atoms with E-state index >= 15 is 0 Å². The quantitative estimate of drug-likeness (QED) is 0.798. The zero-order valence-corrected chi connectivity index (χ0v) is 15.3. The van der Waals surface area contributed by atoms with Crippen LogP contribution in [-0.4, -0.2) is 41.5 Å². The van der Waals surface area contributed by atoms with Gasteiger partial charge in [-0.3, -0.25) is 4.79 Å². The van der Waals surface area contributed by atoms with Gasteiger partial charge in [-0.25, -0.2) is 13.6 Å². The Morgan fingerprint density at radius 1 is 1.18 bits per heavy atom. The van der Waals surface area contributed by atoms with Crippen LogP contribution in [0.5, 0.6) is 0 Å². The first-order valence-corrected chi connectivity index (χ1v) is 9.19. The molecule has 0 saturated carbocycles. The highest BCUT2D eigenvalue weighted by atomic mass is 19.1. The number of aromatic carboxylic acids is 1. The van der Waals surface area contributed by atoms with Crippen molar-refractivity contribution < 1.29 is 23.5 Å². The van der Waals surface area contributed by atoms with Gasteiger partial charge in [0, 0.05) is 37.2 Å². The van der Waals surface area contributed by atoms with Crippen LogP contribution in [0.1, 0.15) is 40.2 Å². The van der Waals surface area contributed by atoms with E-state index in [1.807, 2.05) is 6.07 Å². The van der Waals surface area contributed by atoms with E-state index in [1.54, 1.807) is 23.1 Å². The number of carboxylic acids is 1. The van der Waals surface area contributed by atoms with Gasteiger partial charge in [0.25, 0.3) is 0 Å². The predicted molar refractivity (Wildman–Crippen MR) is 100 cm³/mol. The highest BCUT2D eigenvalue weighted by Gasteiger charge is 2.25. The lowest BCUT2D eigenvalue weighted by atomic mass is 9.89. The van der Waals surface area contributed by atoms with E-state index in [-0.39, 0.29) is 30.5 Å². The molecule has 0 aromatic heterocycles. The fraction of sp³-hybridized carbons (Fsp3) is 0.333. The molecule has 0 aliphatic carbocycles. The van der Waals surface area contributed by atoms with E-state index in [0.717, 1.165) is 24.5 Å². The first-order valence-electron chi connectivity index (χ1n) is 9.19. The molecule has 1 saturated heterocycles. The number of piperidine rings is 1. The minimum Gasteiger partial charge on any atom is -0.478 e. The molecule has 0 bridgehead atoms. The molecule has 28 heavy (non-hydrogen) atoms. The third kappa shape index (κ3) is 4.92. The van der Waals surface area contributed by atoms with E-state index in [0.29, 0.717) is 18.7 Å². The molecule has 2 N–H and O–H groups in total. The van der Waals surface area contributed by atoms with Gasteiger partial charge in [0.15, 0.2) is 0 Å². The van der Waals surface area contributed by atoms with Crippen molar-refractivity contribution in [2.45, 2.75) is 25.3 Å². The minimum atomic E-state index is -0.970. The average Bonchev–Trinajstić information content (AvgIpc) is 2.69. The number of hydrogen-bond acceptors (Lipinski definition) is 3. The van der Waals surface area contributed by atoms with Crippen LogP contribution in [0, 0.1) is 11.6 Å². The highest BCUT2D eigenvalue weighted by molar-refractivity contribution is 5.87. The summed E-state index contributed by atoms with van der Waals surface area (Å²) in [5.41, 5.74) is 1.46. The summed E-state index contributed by atoms with van der Waals surface area (Å²) in [5.74, 6) is -2.25. The number of likely N-dealkylation sites (tertiary alicyclic amines) is 1. The van der Waals surface area contributed by atoms with Crippen LogP contribution in [0.3, 0.4) is 0 Å². The number of nitrogens with zero attached hydrogens (tertiary/aromatic N) is 1. The maximum absolute atomic E-state index is 13.6. The van der Waals surface area contributed by atoms with Crippen LogP contribution >= 0.6 is 0 Å². The Balaban J connectivity index is 1.55. The van der Waals surface area contributed by atoms with Gasteiger partial charge >= 0.3 is 5.97 Å². The van der Waals surface area contributed by atoms with E-state index < -0.39 is 17.6 Å². The second-order valence-electron chi connectivity index (χ2n) is 6.95. The van der Waals surface area contributed by atoms with Gasteiger partial charge in [0.2, 0.25) is 5.91 Å². The molecular formula is C21H22F2N2O3. The van der Waals surface area contributed by atoms with Crippen LogP contribution in [0.2, 0.25) is 0 Å². The Morgan fingerprint density at radius 2 is 2.00 bits per heavy atom. The number of rotatable bonds is 6. The maximum Gasteiger partial charge on any atom is 0.335 e. The molecule has 0 spiro atoms. The van der Waals surface area contributed by atoms with Gasteiger partial charge < -0.3 is 15.3 Å². The summed E-state index contributed by atoms with van der Waals surface area (Å²) in [4.78, 5) is 25.4. The number of hydrogen-bond donors (Lipinski definition) is 2. The summed E-state index contributed by atoms with van der Waals surface area (Å²) >= 11 is 0. The van der Waals surface area contributed by atoms with Gasteiger partial charge in [-0.05, 0) is 36.6 Å². The number of amides is 1. The summed E-state index contributed by atoms with van der Waals surface area (Å²) in [6, 6.07) is 10.2. The van der Waals surface area contributed by atoms with Crippen molar-refractivity contribution >= 4 is 11.9 Å². The lowest BCUT2D eigenvalue weighted by Gasteiger charge is -2.33. The molecule has 7 heteroatoms. The van der Waals surface area contributed by atoms with Gasteiger partial charge in [0.1, 0.15) is 11.6 Å². The lowest BCUT2D eigenvalue weighted by Crippen LogP contribution is -2.43. The van der Waals surface area contributed by atoms with Crippen molar-refractivity contribution in [2.75, 3.05) is 19.6 Å². The number of halogens is 2. The van der Waals surface area contributed by atoms with Gasteiger partial charge in [-0.1, -0.05) is 18.2 Å². The monoisotopic (exact) mass is 388 g/mol. The summed E-state index contributed by atoms with van der Waals surface area (Å²) in [7, 11) is 0. The van der Waals surface area contributed by atoms with Gasteiger partial charge in [-0.2, -0.15) is 0 Å². The molecule has 2 aromatic rings. The first-order chi connectivity index (χ1) is 13.4. The molecule has 1 atom stereocenters. The van der Waals surface area contributed by atoms with Crippen LogP contribution < -0.4 is 5.32 Å². The number of nitrogens with one attached hydrogen (secondary N) is 1. The van der Waals surface area contributed by atoms with Crippen molar-refractivity contribution in [2.24, 2.45) is 0 Å². The molecular weight excluding hydrogens is 366 g/mol. The molecule has 1 fully saturated rings. The van der Waals surface area contributed by atoms with Crippen LogP contribution in [0.4, 0.5) is 8.78 Å². The molecule has 1 unspecified atom stereocenters. The van der Waals surface area contributed by atoms with Crippen LogP contribution in [0.25, 0.3) is 0 Å². The van der Waals surface area contributed by atoms with E-state index in [4.69, 9.17) is 5.11 Å². The van der Waals surface area contributed by atoms with Gasteiger partial charge in [-0.15, -0.1) is 0 Å². The molecule has 2 aromatic carbocycles. The van der Waals surface area contributed by atoms with Crippen molar-refractivity contribution in [1.82, 2.24) is 10.2 Å². The lowest BCUT2D eigenvalue weighted by molar-refractivity contribution is -0.131. The number of carboxylic acid groups (broad SMARTS) is 1. The van der Waals surface area contributed by atoms with E-state index in [9.17, 15) is 18.4 Å². The number of carbonyl (C=O) groups is 2. The summed E-state index contributed by atoms with van der Waals surface area (Å²) in [6.45, 7) is 1.35. The molecule has 5 nitrogen and oxygen atoms in total. The highest BCUT2D eigenvalue weighted by Crippen LogP contribution is 2.27. The van der Waals surface area contributed by atoms with Crippen LogP contribution in [-0.2, 0) is 11.3 Å². The second kappa shape index (κ2) is 8.93. The Bertz CT molecular complexity index is 872. The molecule has 1 amide bonds. The molecule has 148 valence electrons. The Kier molecular flexibility index (Phi) is 6.36. The Hall–Kier alpha value is -2.80. The van der Waals surface area contributed by atoms with Crippen molar-refractivity contribution in [3.8, 4) is 0 Å². The Morgan fingerprint density at radius 3 is 2.75 bits per heavy atom. The second-order valence-corrected chi connectivity index (χ2v) is 6.95. The van der Waals surface area contributed by atoms with Gasteiger partial charge in [0.05, 0.1) is 12.1 Å². The van der Waals surface area contributed by atoms with Crippen molar-refractivity contribution in [1.29, 1.82) is 0 Å². The molecule has 1 aliphatic rings. The predicted octanol–water partition coefficient (Wildman–Crippen LogP) is 3.16. The topological polar surface area (TPSA) is 69.6 Å². The standard InChI is InChI=1S/C21H22F2N2O3/c22-18-7-6-16(19(23)10-18)11-24-12-20(26)25-8-2-5-17(13-25)14-3-1-4-15(9-14)21(27)28/h1,3-4,6-7,9-10,17,24H,2,5,8,11-13H2,(H,27,28). The summed E-state index contributed by atoms with van der Waals surface area (Å²) in [5, 5.41) is 12.1. The fourth-order valence-corrected chi connectivity index (χ4v) is 3.48. The molecule has 0 radical (unpaired) electrons. The zero-order chi connectivity index (χ0) is 20.1. The molecule has 1 heterocycles. The molecule has 3 rings (SSSR count). The summed E-state index contributed by atoms with van der Waals surface area (Å²) in [6.07, 6.45) is 1.72.